The smallest absolute Gasteiger partial charge is 0.231 e. The number of ether oxygens (including phenoxy) is 2. The highest BCUT2D eigenvalue weighted by Gasteiger charge is 2.14. The lowest BCUT2D eigenvalue weighted by Gasteiger charge is -1.94. The Bertz CT molecular complexity index is 260. The molecule has 1 aliphatic heterocycles. The van der Waals surface area contributed by atoms with Gasteiger partial charge in [-0.15, -0.1) is 0 Å². The van der Waals surface area contributed by atoms with Crippen LogP contribution in [-0.2, 0) is 0 Å². The van der Waals surface area contributed by atoms with Crippen molar-refractivity contribution >= 4 is 15.9 Å². The molecule has 1 aromatic carbocycles. The summed E-state index contributed by atoms with van der Waals surface area (Å²) in [6, 6.07) is 6.47. The van der Waals surface area contributed by atoms with E-state index in [1.54, 1.807) is 12.1 Å². The average molecular weight is 200 g/mol. The van der Waals surface area contributed by atoms with Crippen LogP contribution in [0.1, 0.15) is 0 Å². The fraction of sp³-hybridized carbons (Fsp3) is 0.143. The van der Waals surface area contributed by atoms with Crippen LogP contribution in [0.5, 0.6) is 11.5 Å². The van der Waals surface area contributed by atoms with Gasteiger partial charge in [0.05, 0.1) is 4.47 Å². The summed E-state index contributed by atoms with van der Waals surface area (Å²) in [5.41, 5.74) is 0. The van der Waals surface area contributed by atoms with Crippen LogP contribution in [0.3, 0.4) is 0 Å². The highest BCUT2D eigenvalue weighted by atomic mass is 79.9. The molecule has 1 aliphatic rings. The van der Waals surface area contributed by atoms with E-state index in [0.29, 0.717) is 6.79 Å². The Morgan fingerprint density at radius 2 is 2.30 bits per heavy atom. The molecule has 0 saturated heterocycles. The van der Waals surface area contributed by atoms with Crippen LogP contribution in [0.2, 0.25) is 0 Å². The molecule has 0 amide bonds. The van der Waals surface area contributed by atoms with Crippen LogP contribution in [0.15, 0.2) is 16.6 Å². The highest BCUT2D eigenvalue weighted by Crippen LogP contribution is 2.37. The van der Waals surface area contributed by atoms with Crippen LogP contribution >= 0.6 is 15.9 Å². The van der Waals surface area contributed by atoms with E-state index >= 15 is 0 Å². The van der Waals surface area contributed by atoms with Crippen LogP contribution in [-0.4, -0.2) is 6.79 Å². The maximum Gasteiger partial charge on any atom is 0.231 e. The molecular formula is C7H4BrO2. The first kappa shape index (κ1) is 6.04. The van der Waals surface area contributed by atoms with Gasteiger partial charge in [-0.05, 0) is 34.1 Å². The molecular weight excluding hydrogens is 196 g/mol. The fourth-order valence-corrected chi connectivity index (χ4v) is 1.28. The third-order valence-corrected chi connectivity index (χ3v) is 1.87. The summed E-state index contributed by atoms with van der Waals surface area (Å²) in [4.78, 5) is 0. The molecule has 10 heavy (non-hydrogen) atoms. The summed E-state index contributed by atoms with van der Waals surface area (Å²) in [5.74, 6) is 1.54. The Morgan fingerprint density at radius 1 is 1.40 bits per heavy atom. The monoisotopic (exact) mass is 199 g/mol. The minimum absolute atomic E-state index is 0.311. The van der Waals surface area contributed by atoms with Crippen molar-refractivity contribution in [1.82, 2.24) is 0 Å². The third-order valence-electron chi connectivity index (χ3n) is 1.28. The molecule has 0 fully saturated rings. The van der Waals surface area contributed by atoms with Gasteiger partial charge in [0, 0.05) is 0 Å². The lowest BCUT2D eigenvalue weighted by atomic mass is 10.3. The molecule has 2 rings (SSSR count). The van der Waals surface area contributed by atoms with Crippen molar-refractivity contribution in [2.45, 2.75) is 0 Å². The van der Waals surface area contributed by atoms with E-state index in [0.717, 1.165) is 16.0 Å². The van der Waals surface area contributed by atoms with Crippen molar-refractivity contribution in [1.29, 1.82) is 0 Å². The van der Waals surface area contributed by atoms with Gasteiger partial charge < -0.3 is 9.47 Å². The SMILES string of the molecule is Brc1c[c]cc2c1OCO2. The van der Waals surface area contributed by atoms with Crippen LogP contribution in [0.4, 0.5) is 0 Å². The molecule has 0 bridgehead atoms. The molecule has 0 unspecified atom stereocenters. The second-order valence-corrected chi connectivity index (χ2v) is 2.76. The second kappa shape index (κ2) is 2.16. The van der Waals surface area contributed by atoms with E-state index < -0.39 is 0 Å². The van der Waals surface area contributed by atoms with Crippen molar-refractivity contribution < 1.29 is 9.47 Å². The Balaban J connectivity index is 2.59. The van der Waals surface area contributed by atoms with Gasteiger partial charge in [0.25, 0.3) is 0 Å². The number of hydrogen-bond donors (Lipinski definition) is 0. The van der Waals surface area contributed by atoms with Gasteiger partial charge in [0.1, 0.15) is 0 Å². The minimum atomic E-state index is 0.311. The number of rotatable bonds is 0. The summed E-state index contributed by atoms with van der Waals surface area (Å²) in [6.45, 7) is 0.311. The minimum Gasteiger partial charge on any atom is -0.454 e. The summed E-state index contributed by atoms with van der Waals surface area (Å²) >= 11 is 3.31. The van der Waals surface area contributed by atoms with Gasteiger partial charge in [0.15, 0.2) is 11.5 Å². The van der Waals surface area contributed by atoms with Crippen molar-refractivity contribution in [2.24, 2.45) is 0 Å². The highest BCUT2D eigenvalue weighted by molar-refractivity contribution is 9.10. The zero-order valence-electron chi connectivity index (χ0n) is 5.06. The van der Waals surface area contributed by atoms with Crippen LogP contribution in [0, 0.1) is 6.07 Å². The van der Waals surface area contributed by atoms with E-state index in [1.807, 2.05) is 0 Å². The third kappa shape index (κ3) is 0.778. The molecule has 1 radical (unpaired) electrons. The Labute approximate surface area is 66.9 Å². The fourth-order valence-electron chi connectivity index (χ4n) is 0.838. The molecule has 2 nitrogen and oxygen atoms in total. The number of hydrogen-bond acceptors (Lipinski definition) is 2. The Kier molecular flexibility index (Phi) is 1.31. The average Bonchev–Trinajstić information content (AvgIpc) is 2.36. The lowest BCUT2D eigenvalue weighted by molar-refractivity contribution is 0.173. The number of fused-ring (bicyclic) bond motifs is 1. The zero-order valence-corrected chi connectivity index (χ0v) is 6.64. The zero-order chi connectivity index (χ0) is 6.97. The lowest BCUT2D eigenvalue weighted by Crippen LogP contribution is -1.93. The molecule has 0 spiro atoms. The van der Waals surface area contributed by atoms with Crippen molar-refractivity contribution in [2.75, 3.05) is 6.79 Å². The number of halogens is 1. The standard InChI is InChI=1S/C7H4BrO2/c8-5-2-1-3-6-7(5)10-4-9-6/h2-3H,4H2. The van der Waals surface area contributed by atoms with Gasteiger partial charge >= 0.3 is 0 Å². The van der Waals surface area contributed by atoms with E-state index in [1.165, 1.54) is 0 Å². The molecule has 51 valence electrons. The molecule has 0 atom stereocenters. The second-order valence-electron chi connectivity index (χ2n) is 1.90. The molecule has 1 heterocycles. The number of benzene rings is 1. The summed E-state index contributed by atoms with van der Waals surface area (Å²) in [7, 11) is 0. The topological polar surface area (TPSA) is 18.5 Å². The molecule has 0 N–H and O–H groups in total. The van der Waals surface area contributed by atoms with Gasteiger partial charge in [0.2, 0.25) is 6.79 Å². The summed E-state index contributed by atoms with van der Waals surface area (Å²) in [5, 5.41) is 0. The van der Waals surface area contributed by atoms with Gasteiger partial charge in [-0.2, -0.15) is 0 Å². The van der Waals surface area contributed by atoms with E-state index in [9.17, 15) is 0 Å². The maximum atomic E-state index is 5.14. The maximum absolute atomic E-state index is 5.14. The largest absolute Gasteiger partial charge is 0.454 e. The van der Waals surface area contributed by atoms with E-state index in [4.69, 9.17) is 9.47 Å². The molecule has 1 aromatic rings. The molecule has 0 aromatic heterocycles. The van der Waals surface area contributed by atoms with Crippen molar-refractivity contribution in [3.05, 3.63) is 22.7 Å². The Morgan fingerprint density at radius 3 is 3.10 bits per heavy atom. The van der Waals surface area contributed by atoms with Crippen molar-refractivity contribution in [3.63, 3.8) is 0 Å². The van der Waals surface area contributed by atoms with Gasteiger partial charge in [-0.3, -0.25) is 0 Å². The molecule has 3 heteroatoms. The summed E-state index contributed by atoms with van der Waals surface area (Å²) < 4.78 is 11.1. The quantitative estimate of drug-likeness (QED) is 0.637. The predicted octanol–water partition coefficient (Wildman–Crippen LogP) is 1.98. The first-order valence-electron chi connectivity index (χ1n) is 2.83. The summed E-state index contributed by atoms with van der Waals surface area (Å²) in [6.07, 6.45) is 0. The predicted molar refractivity (Wildman–Crippen MR) is 39.1 cm³/mol. The van der Waals surface area contributed by atoms with Gasteiger partial charge in [-0.1, -0.05) is 0 Å². The first-order chi connectivity index (χ1) is 4.88. The van der Waals surface area contributed by atoms with E-state index in [2.05, 4.69) is 22.0 Å². The van der Waals surface area contributed by atoms with Gasteiger partial charge in [-0.25, -0.2) is 0 Å². The van der Waals surface area contributed by atoms with E-state index in [-0.39, 0.29) is 0 Å². The van der Waals surface area contributed by atoms with Crippen molar-refractivity contribution in [3.8, 4) is 11.5 Å². The van der Waals surface area contributed by atoms with Crippen LogP contribution in [0.25, 0.3) is 0 Å². The molecule has 0 aliphatic carbocycles. The molecule has 0 saturated carbocycles. The van der Waals surface area contributed by atoms with Crippen LogP contribution < -0.4 is 9.47 Å². The Hall–Kier alpha value is -0.700. The first-order valence-corrected chi connectivity index (χ1v) is 3.62. The normalized spacial score (nSPS) is 13.7.